The Balaban J connectivity index is 1.98. The molecule has 1 aliphatic heterocycles. The predicted octanol–water partition coefficient (Wildman–Crippen LogP) is 1.53. The van der Waals surface area contributed by atoms with Gasteiger partial charge in [-0.1, -0.05) is 12.8 Å². The van der Waals surface area contributed by atoms with Crippen LogP contribution in [0, 0.1) is 17.2 Å². The molecule has 1 N–H and O–H groups in total. The summed E-state index contributed by atoms with van der Waals surface area (Å²) in [7, 11) is 0. The summed E-state index contributed by atoms with van der Waals surface area (Å²) in [4.78, 5) is 2.26. The van der Waals surface area contributed by atoms with Crippen molar-refractivity contribution in [3.05, 3.63) is 0 Å². The van der Waals surface area contributed by atoms with Crippen LogP contribution in [0.15, 0.2) is 0 Å². The quantitative estimate of drug-likeness (QED) is 0.700. The lowest BCUT2D eigenvalue weighted by Gasteiger charge is -2.36. The summed E-state index contributed by atoms with van der Waals surface area (Å²) in [5.74, 6) is 0.426. The van der Waals surface area contributed by atoms with Crippen LogP contribution < -0.4 is 0 Å². The third kappa shape index (κ3) is 2.32. The van der Waals surface area contributed by atoms with E-state index in [1.165, 1.54) is 25.7 Å². The van der Waals surface area contributed by atoms with E-state index in [9.17, 15) is 5.11 Å². The number of hydrogen-bond acceptors (Lipinski definition) is 3. The van der Waals surface area contributed by atoms with Crippen LogP contribution in [-0.4, -0.2) is 35.2 Å². The van der Waals surface area contributed by atoms with Gasteiger partial charge in [-0.3, -0.25) is 4.90 Å². The third-order valence-corrected chi connectivity index (χ3v) is 3.96. The van der Waals surface area contributed by atoms with E-state index in [0.29, 0.717) is 18.5 Å². The summed E-state index contributed by atoms with van der Waals surface area (Å²) < 4.78 is 0. The normalized spacial score (nSPS) is 37.7. The van der Waals surface area contributed by atoms with E-state index >= 15 is 0 Å². The van der Waals surface area contributed by atoms with Crippen molar-refractivity contribution in [3.63, 3.8) is 0 Å². The number of aliphatic hydroxyl groups excluding tert-OH is 1. The van der Waals surface area contributed by atoms with E-state index in [1.54, 1.807) is 0 Å². The van der Waals surface area contributed by atoms with Gasteiger partial charge in [0.2, 0.25) is 0 Å². The van der Waals surface area contributed by atoms with E-state index in [2.05, 4.69) is 11.0 Å². The van der Waals surface area contributed by atoms with Gasteiger partial charge < -0.3 is 5.11 Å². The van der Waals surface area contributed by atoms with E-state index < -0.39 is 0 Å². The molecule has 15 heavy (non-hydrogen) atoms. The van der Waals surface area contributed by atoms with Crippen molar-refractivity contribution >= 4 is 0 Å². The average molecular weight is 208 g/mol. The van der Waals surface area contributed by atoms with Gasteiger partial charge in [0.15, 0.2) is 0 Å². The molecule has 0 bridgehead atoms. The Morgan fingerprint density at radius 3 is 2.73 bits per heavy atom. The molecule has 84 valence electrons. The first-order chi connectivity index (χ1) is 7.33. The second-order valence-corrected chi connectivity index (χ2v) is 4.85. The molecule has 1 aliphatic carbocycles. The number of aliphatic hydroxyl groups is 1. The Morgan fingerprint density at radius 1 is 1.20 bits per heavy atom. The van der Waals surface area contributed by atoms with Crippen LogP contribution in [0.3, 0.4) is 0 Å². The first-order valence-corrected chi connectivity index (χ1v) is 6.12. The smallest absolute Gasteiger partial charge is 0.0868 e. The van der Waals surface area contributed by atoms with Crippen molar-refractivity contribution in [2.45, 2.75) is 50.7 Å². The monoisotopic (exact) mass is 208 g/mol. The van der Waals surface area contributed by atoms with Gasteiger partial charge >= 0.3 is 0 Å². The third-order valence-electron chi connectivity index (χ3n) is 3.96. The molecule has 0 aromatic carbocycles. The molecule has 2 fully saturated rings. The lowest BCUT2D eigenvalue weighted by atomic mass is 9.80. The Bertz CT molecular complexity index is 248. The summed E-state index contributed by atoms with van der Waals surface area (Å²) in [5.41, 5.74) is 0. The minimum absolute atomic E-state index is 0.122. The van der Waals surface area contributed by atoms with E-state index in [1.807, 2.05) is 0 Å². The summed E-state index contributed by atoms with van der Waals surface area (Å²) >= 11 is 0. The van der Waals surface area contributed by atoms with Crippen molar-refractivity contribution in [1.82, 2.24) is 4.90 Å². The van der Waals surface area contributed by atoms with Gasteiger partial charge in [-0.05, 0) is 32.2 Å². The van der Waals surface area contributed by atoms with Crippen LogP contribution in [0.5, 0.6) is 0 Å². The van der Waals surface area contributed by atoms with Gasteiger partial charge in [0.25, 0.3) is 0 Å². The van der Waals surface area contributed by atoms with Crippen LogP contribution in [0.1, 0.15) is 38.5 Å². The van der Waals surface area contributed by atoms with Crippen molar-refractivity contribution in [1.29, 1.82) is 5.26 Å². The largest absolute Gasteiger partial charge is 0.393 e. The van der Waals surface area contributed by atoms with Crippen LogP contribution in [-0.2, 0) is 0 Å². The van der Waals surface area contributed by atoms with Gasteiger partial charge in [-0.15, -0.1) is 0 Å². The van der Waals surface area contributed by atoms with Gasteiger partial charge in [-0.2, -0.15) is 5.26 Å². The van der Waals surface area contributed by atoms with Crippen LogP contribution in [0.4, 0.5) is 0 Å². The predicted molar refractivity (Wildman–Crippen MR) is 58.2 cm³/mol. The number of nitriles is 1. The molecule has 1 heterocycles. The number of likely N-dealkylation sites (tertiary alicyclic amines) is 1. The van der Waals surface area contributed by atoms with Crippen molar-refractivity contribution < 1.29 is 5.11 Å². The molecule has 0 radical (unpaired) electrons. The molecule has 1 saturated heterocycles. The van der Waals surface area contributed by atoms with Crippen molar-refractivity contribution in [3.8, 4) is 6.07 Å². The maximum absolute atomic E-state index is 10.0. The highest BCUT2D eigenvalue weighted by Crippen LogP contribution is 2.34. The molecule has 0 unspecified atom stereocenters. The van der Waals surface area contributed by atoms with Crippen molar-refractivity contribution in [2.24, 2.45) is 5.92 Å². The van der Waals surface area contributed by atoms with Crippen molar-refractivity contribution in [2.75, 3.05) is 13.1 Å². The molecule has 0 aromatic heterocycles. The summed E-state index contributed by atoms with van der Waals surface area (Å²) in [6, 6.07) is 2.71. The number of nitrogens with zero attached hydrogens (tertiary/aromatic N) is 2. The van der Waals surface area contributed by atoms with Gasteiger partial charge in [0.05, 0.1) is 18.7 Å². The molecule has 0 aromatic rings. The SMILES string of the molecule is N#CCN1CCC[C@@H]1[C@H]1CCCC[C@@H]1O. The number of hydrogen-bond donors (Lipinski definition) is 1. The first kappa shape index (κ1) is 10.9. The highest BCUT2D eigenvalue weighted by atomic mass is 16.3. The summed E-state index contributed by atoms with van der Waals surface area (Å²) in [6.45, 7) is 1.58. The molecule has 3 heteroatoms. The maximum Gasteiger partial charge on any atom is 0.0868 e. The molecular weight excluding hydrogens is 188 g/mol. The zero-order valence-corrected chi connectivity index (χ0v) is 9.23. The van der Waals surface area contributed by atoms with Gasteiger partial charge in [0, 0.05) is 12.0 Å². The van der Waals surface area contributed by atoms with Gasteiger partial charge in [-0.25, -0.2) is 0 Å². The Hall–Kier alpha value is -0.590. The Kier molecular flexibility index (Phi) is 3.61. The van der Waals surface area contributed by atoms with E-state index in [-0.39, 0.29) is 6.10 Å². The zero-order valence-electron chi connectivity index (χ0n) is 9.23. The Labute approximate surface area is 91.7 Å². The second-order valence-electron chi connectivity index (χ2n) is 4.85. The lowest BCUT2D eigenvalue weighted by molar-refractivity contribution is 0.0253. The number of rotatable bonds is 2. The van der Waals surface area contributed by atoms with E-state index in [0.717, 1.165) is 19.4 Å². The summed E-state index contributed by atoms with van der Waals surface area (Å²) in [5, 5.41) is 18.8. The lowest BCUT2D eigenvalue weighted by Crippen LogP contribution is -2.42. The fourth-order valence-corrected chi connectivity index (χ4v) is 3.21. The molecule has 0 spiro atoms. The van der Waals surface area contributed by atoms with Crippen LogP contribution in [0.25, 0.3) is 0 Å². The van der Waals surface area contributed by atoms with Gasteiger partial charge in [0.1, 0.15) is 0 Å². The molecule has 3 nitrogen and oxygen atoms in total. The minimum Gasteiger partial charge on any atom is -0.393 e. The van der Waals surface area contributed by atoms with Crippen LogP contribution >= 0.6 is 0 Å². The fraction of sp³-hybridized carbons (Fsp3) is 0.917. The summed E-state index contributed by atoms with van der Waals surface area (Å²) in [6.07, 6.45) is 6.76. The van der Waals surface area contributed by atoms with E-state index in [4.69, 9.17) is 5.26 Å². The first-order valence-electron chi connectivity index (χ1n) is 6.12. The molecule has 3 atom stereocenters. The highest BCUT2D eigenvalue weighted by Gasteiger charge is 2.36. The standard InChI is InChI=1S/C12H20N2O/c13-7-9-14-8-3-5-11(14)10-4-1-2-6-12(10)15/h10-12,15H,1-6,8-9H2/t10-,11-,12+/m1/s1. The minimum atomic E-state index is -0.122. The molecule has 2 aliphatic rings. The Morgan fingerprint density at radius 2 is 2.00 bits per heavy atom. The molecule has 2 rings (SSSR count). The average Bonchev–Trinajstić information content (AvgIpc) is 2.67. The molecule has 1 saturated carbocycles. The maximum atomic E-state index is 10.0. The van der Waals surface area contributed by atoms with Crippen LogP contribution in [0.2, 0.25) is 0 Å². The second kappa shape index (κ2) is 4.96. The fourth-order valence-electron chi connectivity index (χ4n) is 3.21. The highest BCUT2D eigenvalue weighted by molar-refractivity contribution is 4.93. The zero-order chi connectivity index (χ0) is 10.7. The topological polar surface area (TPSA) is 47.3 Å². The molecule has 0 amide bonds. The molecular formula is C12H20N2O.